The van der Waals surface area contributed by atoms with E-state index >= 15 is 0 Å². The van der Waals surface area contributed by atoms with E-state index in [4.69, 9.17) is 5.10 Å². The van der Waals surface area contributed by atoms with E-state index in [0.717, 1.165) is 40.1 Å². The van der Waals surface area contributed by atoms with Crippen LogP contribution in [0.25, 0.3) is 21.6 Å². The van der Waals surface area contributed by atoms with Crippen molar-refractivity contribution in [3.63, 3.8) is 0 Å². The quantitative estimate of drug-likeness (QED) is 0.351. The third-order valence-electron chi connectivity index (χ3n) is 5.34. The number of nitrogens with zero attached hydrogens (tertiary/aromatic N) is 4. The molecule has 32 heavy (non-hydrogen) atoms. The molecule has 3 heterocycles. The SMILES string of the molecule is O=C(NCCCn1cnc2ccccc21)c1cn(Cc2ccccc2)nc1-c1cccs1. The zero-order chi connectivity index (χ0) is 21.8. The second-order valence-electron chi connectivity index (χ2n) is 7.59. The fraction of sp³-hybridized carbons (Fsp3) is 0.160. The van der Waals surface area contributed by atoms with Crippen LogP contribution >= 0.6 is 11.3 Å². The van der Waals surface area contributed by atoms with Crippen molar-refractivity contribution < 1.29 is 4.79 Å². The molecule has 1 N–H and O–H groups in total. The Balaban J connectivity index is 1.27. The molecule has 2 aromatic carbocycles. The van der Waals surface area contributed by atoms with Gasteiger partial charge in [0, 0.05) is 19.3 Å². The summed E-state index contributed by atoms with van der Waals surface area (Å²) in [6, 6.07) is 22.2. The molecule has 0 aliphatic heterocycles. The molecular weight excluding hydrogens is 418 g/mol. The van der Waals surface area contributed by atoms with Crippen molar-refractivity contribution >= 4 is 28.3 Å². The zero-order valence-corrected chi connectivity index (χ0v) is 18.3. The molecule has 7 heteroatoms. The molecule has 0 unspecified atom stereocenters. The maximum Gasteiger partial charge on any atom is 0.255 e. The monoisotopic (exact) mass is 441 g/mol. The number of carbonyl (C=O) groups excluding carboxylic acids is 1. The summed E-state index contributed by atoms with van der Waals surface area (Å²) in [5.41, 5.74) is 4.58. The van der Waals surface area contributed by atoms with Crippen LogP contribution in [-0.4, -0.2) is 31.8 Å². The van der Waals surface area contributed by atoms with E-state index in [2.05, 4.69) is 33.1 Å². The van der Waals surface area contributed by atoms with Crippen molar-refractivity contribution in [2.45, 2.75) is 19.5 Å². The van der Waals surface area contributed by atoms with Crippen LogP contribution in [0, 0.1) is 0 Å². The maximum atomic E-state index is 13.0. The predicted molar refractivity (Wildman–Crippen MR) is 128 cm³/mol. The van der Waals surface area contributed by atoms with Gasteiger partial charge in [-0.3, -0.25) is 9.48 Å². The number of rotatable bonds is 8. The molecule has 0 spiro atoms. The molecule has 5 rings (SSSR count). The van der Waals surface area contributed by atoms with Gasteiger partial charge < -0.3 is 9.88 Å². The van der Waals surface area contributed by atoms with Crippen LogP contribution in [0.1, 0.15) is 22.3 Å². The molecule has 5 aromatic rings. The average molecular weight is 442 g/mol. The molecule has 160 valence electrons. The summed E-state index contributed by atoms with van der Waals surface area (Å²) in [5, 5.41) is 9.80. The molecule has 0 aliphatic rings. The highest BCUT2D eigenvalue weighted by Crippen LogP contribution is 2.27. The molecule has 1 amide bonds. The lowest BCUT2D eigenvalue weighted by atomic mass is 10.2. The van der Waals surface area contributed by atoms with E-state index in [1.165, 1.54) is 0 Å². The largest absolute Gasteiger partial charge is 0.352 e. The van der Waals surface area contributed by atoms with E-state index in [9.17, 15) is 4.79 Å². The smallest absolute Gasteiger partial charge is 0.255 e. The maximum absolute atomic E-state index is 13.0. The van der Waals surface area contributed by atoms with E-state index in [1.807, 2.05) is 71.1 Å². The summed E-state index contributed by atoms with van der Waals surface area (Å²) >= 11 is 1.59. The molecular formula is C25H23N5OS. The third kappa shape index (κ3) is 4.33. The van der Waals surface area contributed by atoms with Crippen molar-refractivity contribution in [3.8, 4) is 10.6 Å². The minimum absolute atomic E-state index is 0.0943. The lowest BCUT2D eigenvalue weighted by Gasteiger charge is -2.06. The fourth-order valence-corrected chi connectivity index (χ4v) is 4.49. The van der Waals surface area contributed by atoms with Crippen LogP contribution < -0.4 is 5.32 Å². The van der Waals surface area contributed by atoms with Crippen LogP contribution in [0.15, 0.2) is 84.6 Å². The van der Waals surface area contributed by atoms with Crippen LogP contribution in [-0.2, 0) is 13.1 Å². The molecule has 0 saturated carbocycles. The standard InChI is InChI=1S/C25H23N5OS/c31-25(26-13-7-14-29-18-27-21-10-4-5-11-22(21)29)20-17-30(16-19-8-2-1-3-9-19)28-24(20)23-12-6-15-32-23/h1-6,8-12,15,17-18H,7,13-14,16H2,(H,26,31). The predicted octanol–water partition coefficient (Wildman–Crippen LogP) is 4.83. The van der Waals surface area contributed by atoms with Crippen LogP contribution in [0.4, 0.5) is 0 Å². The van der Waals surface area contributed by atoms with Gasteiger partial charge in [0.15, 0.2) is 0 Å². The minimum atomic E-state index is -0.0943. The molecule has 3 aromatic heterocycles. The van der Waals surface area contributed by atoms with Gasteiger partial charge >= 0.3 is 0 Å². The number of carbonyl (C=O) groups is 1. The second-order valence-corrected chi connectivity index (χ2v) is 8.54. The number of fused-ring (bicyclic) bond motifs is 1. The number of thiophene rings is 1. The van der Waals surface area contributed by atoms with E-state index in [-0.39, 0.29) is 5.91 Å². The lowest BCUT2D eigenvalue weighted by Crippen LogP contribution is -2.25. The van der Waals surface area contributed by atoms with Crippen molar-refractivity contribution in [1.29, 1.82) is 0 Å². The summed E-state index contributed by atoms with van der Waals surface area (Å²) < 4.78 is 3.97. The Labute approximate surface area is 190 Å². The Hall–Kier alpha value is -3.71. The molecule has 0 saturated heterocycles. The van der Waals surface area contributed by atoms with Crippen molar-refractivity contribution in [3.05, 3.63) is 95.8 Å². The number of aromatic nitrogens is 4. The normalized spacial score (nSPS) is 11.1. The Bertz CT molecular complexity index is 1320. The molecule has 0 aliphatic carbocycles. The van der Waals surface area contributed by atoms with Crippen molar-refractivity contribution in [2.24, 2.45) is 0 Å². The Morgan fingerprint density at radius 1 is 1.00 bits per heavy atom. The van der Waals surface area contributed by atoms with Crippen molar-refractivity contribution in [2.75, 3.05) is 6.54 Å². The molecule has 0 radical (unpaired) electrons. The molecule has 0 fully saturated rings. The highest BCUT2D eigenvalue weighted by Gasteiger charge is 2.18. The third-order valence-corrected chi connectivity index (χ3v) is 6.21. The first-order valence-corrected chi connectivity index (χ1v) is 11.5. The molecule has 0 bridgehead atoms. The summed E-state index contributed by atoms with van der Waals surface area (Å²) in [5.74, 6) is -0.0943. The van der Waals surface area contributed by atoms with Gasteiger partial charge in [0.05, 0.1) is 34.3 Å². The summed E-state index contributed by atoms with van der Waals surface area (Å²) in [4.78, 5) is 18.4. The highest BCUT2D eigenvalue weighted by molar-refractivity contribution is 7.13. The number of benzene rings is 2. The van der Waals surface area contributed by atoms with Gasteiger partial charge in [-0.05, 0) is 35.6 Å². The fourth-order valence-electron chi connectivity index (χ4n) is 3.77. The van der Waals surface area contributed by atoms with Gasteiger partial charge in [0.1, 0.15) is 5.69 Å². The zero-order valence-electron chi connectivity index (χ0n) is 17.5. The first-order chi connectivity index (χ1) is 15.8. The number of aryl methyl sites for hydroxylation is 1. The van der Waals surface area contributed by atoms with Crippen molar-refractivity contribution in [1.82, 2.24) is 24.6 Å². The minimum Gasteiger partial charge on any atom is -0.352 e. The second kappa shape index (κ2) is 9.20. The number of amides is 1. The van der Waals surface area contributed by atoms with Gasteiger partial charge in [0.25, 0.3) is 5.91 Å². The van der Waals surface area contributed by atoms with Gasteiger partial charge in [-0.1, -0.05) is 48.5 Å². The number of hydrogen-bond acceptors (Lipinski definition) is 4. The lowest BCUT2D eigenvalue weighted by molar-refractivity contribution is 0.0953. The first kappa shape index (κ1) is 20.2. The van der Waals surface area contributed by atoms with Gasteiger partial charge in [-0.25, -0.2) is 4.98 Å². The molecule has 0 atom stereocenters. The molecule has 6 nitrogen and oxygen atoms in total. The van der Waals surface area contributed by atoms with Crippen LogP contribution in [0.5, 0.6) is 0 Å². The topological polar surface area (TPSA) is 64.7 Å². The number of para-hydroxylation sites is 2. The van der Waals surface area contributed by atoms with Crippen LogP contribution in [0.2, 0.25) is 0 Å². The van der Waals surface area contributed by atoms with E-state index in [1.54, 1.807) is 11.3 Å². The van der Waals surface area contributed by atoms with E-state index in [0.29, 0.717) is 18.7 Å². The summed E-state index contributed by atoms with van der Waals surface area (Å²) in [7, 11) is 0. The van der Waals surface area contributed by atoms with Crippen LogP contribution in [0.3, 0.4) is 0 Å². The van der Waals surface area contributed by atoms with Gasteiger partial charge in [0.2, 0.25) is 0 Å². The van der Waals surface area contributed by atoms with Gasteiger partial charge in [-0.2, -0.15) is 5.10 Å². The summed E-state index contributed by atoms with van der Waals surface area (Å²) in [6.45, 7) is 2.01. The first-order valence-electron chi connectivity index (χ1n) is 10.6. The Morgan fingerprint density at radius 2 is 1.84 bits per heavy atom. The number of hydrogen-bond donors (Lipinski definition) is 1. The Morgan fingerprint density at radius 3 is 2.69 bits per heavy atom. The summed E-state index contributed by atoms with van der Waals surface area (Å²) in [6.07, 6.45) is 4.52. The number of nitrogens with one attached hydrogen (secondary N) is 1. The number of imidazole rings is 1. The highest BCUT2D eigenvalue weighted by atomic mass is 32.1. The Kier molecular flexibility index (Phi) is 5.81. The van der Waals surface area contributed by atoms with E-state index < -0.39 is 0 Å². The van der Waals surface area contributed by atoms with Gasteiger partial charge in [-0.15, -0.1) is 11.3 Å². The average Bonchev–Trinajstić information content (AvgIpc) is 3.57.